The monoisotopic (exact) mass is 271 g/mol. The molecule has 1 heterocycles. The van der Waals surface area contributed by atoms with E-state index in [4.69, 9.17) is 11.6 Å². The van der Waals surface area contributed by atoms with Gasteiger partial charge in [-0.2, -0.15) is 0 Å². The SMILES string of the molecule is O=C(Cc1ccncc1Cl)C1CC1c1ccccc1. The molecule has 0 aliphatic heterocycles. The maximum atomic E-state index is 12.2. The predicted molar refractivity (Wildman–Crippen MR) is 75.2 cm³/mol. The first-order chi connectivity index (χ1) is 9.25. The van der Waals surface area contributed by atoms with Crippen LogP contribution in [0.2, 0.25) is 5.02 Å². The highest BCUT2D eigenvalue weighted by Crippen LogP contribution is 2.48. The molecule has 1 aromatic heterocycles. The van der Waals surface area contributed by atoms with Crippen molar-refractivity contribution in [1.29, 1.82) is 0 Å². The van der Waals surface area contributed by atoms with Crippen molar-refractivity contribution in [2.75, 3.05) is 0 Å². The fourth-order valence-corrected chi connectivity index (χ4v) is 2.67. The van der Waals surface area contributed by atoms with Crippen molar-refractivity contribution in [1.82, 2.24) is 4.98 Å². The van der Waals surface area contributed by atoms with Gasteiger partial charge < -0.3 is 0 Å². The van der Waals surface area contributed by atoms with Crippen molar-refractivity contribution in [2.24, 2.45) is 5.92 Å². The van der Waals surface area contributed by atoms with E-state index in [-0.39, 0.29) is 11.7 Å². The zero-order valence-corrected chi connectivity index (χ0v) is 11.2. The fraction of sp³-hybridized carbons (Fsp3) is 0.250. The molecule has 2 atom stereocenters. The summed E-state index contributed by atoms with van der Waals surface area (Å²) in [6.45, 7) is 0. The lowest BCUT2D eigenvalue weighted by atomic mass is 10.0. The molecule has 0 radical (unpaired) electrons. The first-order valence-electron chi connectivity index (χ1n) is 6.42. The summed E-state index contributed by atoms with van der Waals surface area (Å²) in [6.07, 6.45) is 4.64. The van der Waals surface area contributed by atoms with E-state index in [2.05, 4.69) is 17.1 Å². The average Bonchev–Trinajstić information content (AvgIpc) is 3.23. The third kappa shape index (κ3) is 2.69. The molecule has 0 amide bonds. The van der Waals surface area contributed by atoms with Gasteiger partial charge >= 0.3 is 0 Å². The molecule has 2 unspecified atom stereocenters. The number of aromatic nitrogens is 1. The van der Waals surface area contributed by atoms with Crippen LogP contribution in [0.15, 0.2) is 48.8 Å². The largest absolute Gasteiger partial charge is 0.299 e. The van der Waals surface area contributed by atoms with Gasteiger partial charge in [0.15, 0.2) is 0 Å². The molecule has 2 aromatic rings. The van der Waals surface area contributed by atoms with Crippen molar-refractivity contribution in [2.45, 2.75) is 18.8 Å². The van der Waals surface area contributed by atoms with Crippen LogP contribution >= 0.6 is 11.6 Å². The van der Waals surface area contributed by atoms with Gasteiger partial charge in [-0.1, -0.05) is 41.9 Å². The van der Waals surface area contributed by atoms with Gasteiger partial charge in [-0.25, -0.2) is 0 Å². The van der Waals surface area contributed by atoms with Gasteiger partial charge in [-0.15, -0.1) is 0 Å². The van der Waals surface area contributed by atoms with Crippen molar-refractivity contribution in [3.05, 3.63) is 64.9 Å². The zero-order valence-electron chi connectivity index (χ0n) is 10.4. The molecule has 96 valence electrons. The third-order valence-corrected chi connectivity index (χ3v) is 3.99. The Bertz CT molecular complexity index is 597. The number of halogens is 1. The number of nitrogens with zero attached hydrogens (tertiary/aromatic N) is 1. The molecule has 0 saturated heterocycles. The number of hydrogen-bond donors (Lipinski definition) is 0. The van der Waals surface area contributed by atoms with Crippen molar-refractivity contribution >= 4 is 17.4 Å². The average molecular weight is 272 g/mol. The fourth-order valence-electron chi connectivity index (χ4n) is 2.49. The van der Waals surface area contributed by atoms with Crippen LogP contribution in [-0.4, -0.2) is 10.8 Å². The first-order valence-corrected chi connectivity index (χ1v) is 6.79. The molecular formula is C16H14ClNO. The van der Waals surface area contributed by atoms with E-state index in [9.17, 15) is 4.79 Å². The van der Waals surface area contributed by atoms with E-state index in [1.165, 1.54) is 5.56 Å². The van der Waals surface area contributed by atoms with Crippen LogP contribution in [0.5, 0.6) is 0 Å². The van der Waals surface area contributed by atoms with Crippen molar-refractivity contribution in [3.8, 4) is 0 Å². The number of ketones is 1. The number of pyridine rings is 1. The van der Waals surface area contributed by atoms with Gasteiger partial charge in [-0.3, -0.25) is 9.78 Å². The van der Waals surface area contributed by atoms with Crippen molar-refractivity contribution in [3.63, 3.8) is 0 Å². The Morgan fingerprint density at radius 2 is 2.05 bits per heavy atom. The highest BCUT2D eigenvalue weighted by atomic mass is 35.5. The molecular weight excluding hydrogens is 258 g/mol. The van der Waals surface area contributed by atoms with E-state index in [1.54, 1.807) is 12.4 Å². The quantitative estimate of drug-likeness (QED) is 0.850. The van der Waals surface area contributed by atoms with E-state index >= 15 is 0 Å². The van der Waals surface area contributed by atoms with Gasteiger partial charge in [0, 0.05) is 24.7 Å². The maximum Gasteiger partial charge on any atom is 0.141 e. The molecule has 1 fully saturated rings. The second-order valence-electron chi connectivity index (χ2n) is 4.97. The second kappa shape index (κ2) is 5.14. The summed E-state index contributed by atoms with van der Waals surface area (Å²) < 4.78 is 0. The van der Waals surface area contributed by atoms with Gasteiger partial charge in [-0.05, 0) is 29.5 Å². The Hall–Kier alpha value is -1.67. The van der Waals surface area contributed by atoms with Gasteiger partial charge in [0.1, 0.15) is 5.78 Å². The van der Waals surface area contributed by atoms with Gasteiger partial charge in [0.25, 0.3) is 0 Å². The van der Waals surface area contributed by atoms with Crippen LogP contribution in [0.1, 0.15) is 23.5 Å². The smallest absolute Gasteiger partial charge is 0.141 e. The third-order valence-electron chi connectivity index (χ3n) is 3.65. The molecule has 1 aromatic carbocycles. The Morgan fingerprint density at radius 1 is 1.26 bits per heavy atom. The number of carbonyl (C=O) groups excluding carboxylic acids is 1. The summed E-state index contributed by atoms with van der Waals surface area (Å²) >= 11 is 6.03. The minimum atomic E-state index is 0.159. The van der Waals surface area contributed by atoms with Gasteiger partial charge in [0.05, 0.1) is 5.02 Å². The highest BCUT2D eigenvalue weighted by Gasteiger charge is 2.43. The van der Waals surface area contributed by atoms with E-state index < -0.39 is 0 Å². The lowest BCUT2D eigenvalue weighted by Gasteiger charge is -2.03. The molecule has 1 saturated carbocycles. The minimum absolute atomic E-state index is 0.159. The number of rotatable bonds is 4. The molecule has 0 spiro atoms. The van der Waals surface area contributed by atoms with Crippen LogP contribution in [0.4, 0.5) is 0 Å². The molecule has 3 heteroatoms. The molecule has 1 aliphatic carbocycles. The number of Topliss-reactive ketones (excluding diaryl/α,β-unsaturated/α-hetero) is 1. The standard InChI is InChI=1S/C16H14ClNO/c17-15-10-18-7-6-12(15)8-16(19)14-9-13(14)11-4-2-1-3-5-11/h1-7,10,13-14H,8-9H2. The number of benzene rings is 1. The van der Waals surface area contributed by atoms with Crippen molar-refractivity contribution < 1.29 is 4.79 Å². The Kier molecular flexibility index (Phi) is 3.34. The Morgan fingerprint density at radius 3 is 2.79 bits per heavy atom. The van der Waals surface area contributed by atoms with E-state index in [0.29, 0.717) is 17.4 Å². The normalized spacial score (nSPS) is 21.1. The summed E-state index contributed by atoms with van der Waals surface area (Å²) in [4.78, 5) is 16.2. The summed E-state index contributed by atoms with van der Waals surface area (Å²) in [5, 5.41) is 0.577. The van der Waals surface area contributed by atoms with Crippen LogP contribution in [0.25, 0.3) is 0 Å². The predicted octanol–water partition coefficient (Wildman–Crippen LogP) is 3.65. The van der Waals surface area contributed by atoms with Crippen LogP contribution in [-0.2, 0) is 11.2 Å². The van der Waals surface area contributed by atoms with Crippen LogP contribution in [0.3, 0.4) is 0 Å². The molecule has 0 N–H and O–H groups in total. The molecule has 1 aliphatic rings. The molecule has 0 bridgehead atoms. The topological polar surface area (TPSA) is 30.0 Å². The summed E-state index contributed by atoms with van der Waals surface area (Å²) in [7, 11) is 0. The van der Waals surface area contributed by atoms with Crippen LogP contribution < -0.4 is 0 Å². The number of carbonyl (C=O) groups is 1. The second-order valence-corrected chi connectivity index (χ2v) is 5.38. The lowest BCUT2D eigenvalue weighted by Crippen LogP contribution is -2.07. The lowest BCUT2D eigenvalue weighted by molar-refractivity contribution is -0.119. The number of hydrogen-bond acceptors (Lipinski definition) is 2. The van der Waals surface area contributed by atoms with E-state index in [0.717, 1.165) is 12.0 Å². The maximum absolute atomic E-state index is 12.2. The van der Waals surface area contributed by atoms with Gasteiger partial charge in [0.2, 0.25) is 0 Å². The minimum Gasteiger partial charge on any atom is -0.299 e. The summed E-state index contributed by atoms with van der Waals surface area (Å²) in [6, 6.07) is 12.1. The Labute approximate surface area is 117 Å². The zero-order chi connectivity index (χ0) is 13.2. The Balaban J connectivity index is 1.66. The highest BCUT2D eigenvalue weighted by molar-refractivity contribution is 6.31. The van der Waals surface area contributed by atoms with E-state index in [1.807, 2.05) is 24.3 Å². The first kappa shape index (κ1) is 12.4. The molecule has 2 nitrogen and oxygen atoms in total. The summed E-state index contributed by atoms with van der Waals surface area (Å²) in [5.41, 5.74) is 2.14. The molecule has 19 heavy (non-hydrogen) atoms. The molecule has 3 rings (SSSR count). The van der Waals surface area contributed by atoms with Crippen LogP contribution in [0, 0.1) is 5.92 Å². The summed E-state index contributed by atoms with van der Waals surface area (Å²) in [5.74, 6) is 0.836.